The van der Waals surface area contributed by atoms with E-state index in [1.807, 2.05) is 0 Å². The van der Waals surface area contributed by atoms with E-state index in [2.05, 4.69) is 212 Å². The minimum Gasteiger partial charge on any atom is -0.424 e. The van der Waals surface area contributed by atoms with Gasteiger partial charge in [-0.05, 0) is 36.3 Å². The van der Waals surface area contributed by atoms with E-state index in [9.17, 15) is 0 Å². The Morgan fingerprint density at radius 3 is 0.660 bits per heavy atom. The van der Waals surface area contributed by atoms with Crippen LogP contribution in [0.1, 0.15) is 0 Å². The van der Waals surface area contributed by atoms with Crippen LogP contribution < -0.4 is 36.3 Å². The van der Waals surface area contributed by atoms with Gasteiger partial charge in [0.05, 0.1) is 0 Å². The molecule has 0 atom stereocenters. The summed E-state index contributed by atoms with van der Waals surface area (Å²) in [5, 5.41) is 8.29. The molecule has 0 aliphatic carbocycles. The highest BCUT2D eigenvalue weighted by Crippen LogP contribution is 2.17. The molecule has 0 unspecified atom stereocenters. The predicted octanol–water partition coefficient (Wildman–Crippen LogP) is 4.48. The SMILES string of the molecule is c1ccc([SiH](O[Si](c2ccccc2)(c2ccccc2)c2ccccc2)O[Si](c2ccccc2)(c2ccccc2)c2ccccc2)cc1. The number of hydrogen-bond acceptors (Lipinski definition) is 2. The van der Waals surface area contributed by atoms with Crippen LogP contribution in [0.15, 0.2) is 212 Å². The van der Waals surface area contributed by atoms with E-state index in [0.29, 0.717) is 0 Å². The molecule has 0 saturated heterocycles. The van der Waals surface area contributed by atoms with Gasteiger partial charge < -0.3 is 8.23 Å². The van der Waals surface area contributed by atoms with Crippen LogP contribution in [0.25, 0.3) is 0 Å². The highest BCUT2D eigenvalue weighted by molar-refractivity contribution is 7.13. The van der Waals surface area contributed by atoms with Crippen molar-refractivity contribution < 1.29 is 8.23 Å². The summed E-state index contributed by atoms with van der Waals surface area (Å²) in [6.45, 7) is 0. The van der Waals surface area contributed by atoms with Gasteiger partial charge in [-0.1, -0.05) is 212 Å². The first-order valence-corrected chi connectivity index (χ1v) is 21.4. The molecule has 0 N–H and O–H groups in total. The van der Waals surface area contributed by atoms with Crippen molar-refractivity contribution in [2.45, 2.75) is 0 Å². The number of hydrogen-bond donors (Lipinski definition) is 0. The maximum absolute atomic E-state index is 7.99. The Labute approximate surface area is 281 Å². The minimum atomic E-state index is -3.11. The topological polar surface area (TPSA) is 18.5 Å². The van der Waals surface area contributed by atoms with Crippen LogP contribution in [0.3, 0.4) is 0 Å². The fourth-order valence-corrected chi connectivity index (χ4v) is 20.6. The van der Waals surface area contributed by atoms with Crippen LogP contribution >= 0.6 is 0 Å². The largest absolute Gasteiger partial charge is 0.424 e. The van der Waals surface area contributed by atoms with Crippen molar-refractivity contribution in [1.82, 2.24) is 0 Å². The summed E-state index contributed by atoms with van der Waals surface area (Å²) in [5.41, 5.74) is 0. The first-order chi connectivity index (χ1) is 23.3. The average molecular weight is 657 g/mol. The van der Waals surface area contributed by atoms with E-state index in [1.54, 1.807) is 0 Å². The first-order valence-electron chi connectivity index (χ1n) is 16.0. The molecule has 5 heteroatoms. The van der Waals surface area contributed by atoms with Gasteiger partial charge in [0.25, 0.3) is 16.6 Å². The van der Waals surface area contributed by atoms with Gasteiger partial charge in [0.1, 0.15) is 0 Å². The van der Waals surface area contributed by atoms with E-state index in [-0.39, 0.29) is 0 Å². The molecule has 228 valence electrons. The van der Waals surface area contributed by atoms with E-state index in [0.717, 1.165) is 5.19 Å². The molecular weight excluding hydrogens is 621 g/mol. The molecule has 0 radical (unpaired) electrons. The molecule has 0 spiro atoms. The van der Waals surface area contributed by atoms with Crippen LogP contribution in [0.2, 0.25) is 0 Å². The molecule has 2 nitrogen and oxygen atoms in total. The van der Waals surface area contributed by atoms with Crippen molar-refractivity contribution in [3.05, 3.63) is 212 Å². The summed E-state index contributed by atoms with van der Waals surface area (Å²) in [5.74, 6) is 0. The van der Waals surface area contributed by atoms with E-state index in [4.69, 9.17) is 8.23 Å². The van der Waals surface area contributed by atoms with Gasteiger partial charge in [-0.3, -0.25) is 0 Å². The van der Waals surface area contributed by atoms with Crippen molar-refractivity contribution in [2.24, 2.45) is 0 Å². The second-order valence-electron chi connectivity index (χ2n) is 11.5. The monoisotopic (exact) mass is 656 g/mol. The van der Waals surface area contributed by atoms with Gasteiger partial charge >= 0.3 is 9.28 Å². The van der Waals surface area contributed by atoms with Gasteiger partial charge in [-0.25, -0.2) is 0 Å². The standard InChI is InChI=1S/C42H36O2Si3/c1-8-22-36(23-9-1)45(43-46(37-24-10-2-11-25-37,38-26-12-3-13-27-38)39-28-14-4-15-29-39)44-47(40-30-16-5-17-31-40,41-32-18-6-19-33-41)42-34-20-7-21-35-42/h1-35,45H. The zero-order chi connectivity index (χ0) is 31.8. The Bertz CT molecular complexity index is 1640. The van der Waals surface area contributed by atoms with Gasteiger partial charge in [0, 0.05) is 0 Å². The summed E-state index contributed by atoms with van der Waals surface area (Å²) in [6.07, 6.45) is 0. The lowest BCUT2D eigenvalue weighted by Gasteiger charge is -2.41. The maximum Gasteiger partial charge on any atom is 0.336 e. The van der Waals surface area contributed by atoms with Crippen LogP contribution in [-0.4, -0.2) is 25.9 Å². The van der Waals surface area contributed by atoms with E-state index < -0.39 is 25.9 Å². The molecule has 0 amide bonds. The smallest absolute Gasteiger partial charge is 0.336 e. The summed E-state index contributed by atoms with van der Waals surface area (Å²) in [4.78, 5) is 0. The molecule has 0 aliphatic rings. The second kappa shape index (κ2) is 14.3. The molecule has 7 aromatic carbocycles. The van der Waals surface area contributed by atoms with Crippen molar-refractivity contribution in [2.75, 3.05) is 0 Å². The van der Waals surface area contributed by atoms with Gasteiger partial charge in [-0.15, -0.1) is 0 Å². The number of benzene rings is 7. The fourth-order valence-electron chi connectivity index (χ4n) is 6.54. The lowest BCUT2D eigenvalue weighted by molar-refractivity contribution is 0.453. The second-order valence-corrected chi connectivity index (χ2v) is 20.9. The molecule has 7 aromatic rings. The van der Waals surface area contributed by atoms with Crippen molar-refractivity contribution in [1.29, 1.82) is 0 Å². The Morgan fingerprint density at radius 1 is 0.255 bits per heavy atom. The lowest BCUT2D eigenvalue weighted by Crippen LogP contribution is -2.76. The van der Waals surface area contributed by atoms with Crippen LogP contribution in [0, 0.1) is 0 Å². The highest BCUT2D eigenvalue weighted by Gasteiger charge is 2.49. The fraction of sp³-hybridized carbons (Fsp3) is 0. The van der Waals surface area contributed by atoms with Crippen LogP contribution in [0.5, 0.6) is 0 Å². The third-order valence-electron chi connectivity index (χ3n) is 8.72. The average Bonchev–Trinajstić information content (AvgIpc) is 3.18. The van der Waals surface area contributed by atoms with Crippen LogP contribution in [-0.2, 0) is 8.23 Å². The van der Waals surface area contributed by atoms with Crippen LogP contribution in [0.4, 0.5) is 0 Å². The molecular formula is C42H36O2Si3. The molecule has 0 aromatic heterocycles. The van der Waals surface area contributed by atoms with Crippen molar-refractivity contribution >= 4 is 62.2 Å². The third-order valence-corrected chi connectivity index (χ3v) is 21.1. The first kappa shape index (κ1) is 30.7. The molecule has 0 heterocycles. The summed E-state index contributed by atoms with van der Waals surface area (Å²) in [6, 6.07) is 75.5. The van der Waals surface area contributed by atoms with Gasteiger partial charge in [0.15, 0.2) is 0 Å². The normalized spacial score (nSPS) is 11.8. The molecule has 0 fully saturated rings. The number of rotatable bonds is 11. The predicted molar refractivity (Wildman–Crippen MR) is 203 cm³/mol. The zero-order valence-electron chi connectivity index (χ0n) is 26.1. The zero-order valence-corrected chi connectivity index (χ0v) is 29.3. The molecule has 47 heavy (non-hydrogen) atoms. The molecule has 7 rings (SSSR count). The Kier molecular flexibility index (Phi) is 9.33. The maximum atomic E-state index is 7.99. The van der Waals surface area contributed by atoms with E-state index >= 15 is 0 Å². The van der Waals surface area contributed by atoms with Crippen molar-refractivity contribution in [3.8, 4) is 0 Å². The Morgan fingerprint density at radius 2 is 0.447 bits per heavy atom. The molecule has 0 saturated carbocycles. The third kappa shape index (κ3) is 6.15. The van der Waals surface area contributed by atoms with Gasteiger partial charge in [-0.2, -0.15) is 0 Å². The Hall–Kier alpha value is -4.89. The summed E-state index contributed by atoms with van der Waals surface area (Å²) < 4.78 is 16.0. The summed E-state index contributed by atoms with van der Waals surface area (Å²) in [7, 11) is -8.96. The minimum absolute atomic E-state index is 1.12. The summed E-state index contributed by atoms with van der Waals surface area (Å²) >= 11 is 0. The lowest BCUT2D eigenvalue weighted by atomic mass is 10.3. The highest BCUT2D eigenvalue weighted by atomic mass is 28.4. The Balaban J connectivity index is 1.51. The quantitative estimate of drug-likeness (QED) is 0.151. The molecule has 0 bridgehead atoms. The molecule has 0 aliphatic heterocycles. The van der Waals surface area contributed by atoms with E-state index in [1.165, 1.54) is 31.1 Å². The van der Waals surface area contributed by atoms with Crippen molar-refractivity contribution in [3.63, 3.8) is 0 Å². The van der Waals surface area contributed by atoms with Gasteiger partial charge in [0.2, 0.25) is 0 Å².